The van der Waals surface area contributed by atoms with Crippen molar-refractivity contribution in [3.05, 3.63) is 0 Å². The minimum absolute atomic E-state index is 0.0953. The monoisotopic (exact) mass is 230 g/mol. The standard InChI is InChI=1S/C11H24N2O.C2H6/c1-10(2,3)8-11(4,5)9(14)13-7-6-12;1-2/h6-8,12H2,1-5H3,(H,13,14);1-2H3. The Kier molecular flexibility index (Phi) is 8.53. The molecule has 3 heteroatoms. The van der Waals surface area contributed by atoms with Crippen molar-refractivity contribution in [2.24, 2.45) is 16.6 Å². The smallest absolute Gasteiger partial charge is 0.225 e. The lowest BCUT2D eigenvalue weighted by molar-refractivity contribution is -0.130. The van der Waals surface area contributed by atoms with Crippen LogP contribution in [0.5, 0.6) is 0 Å². The maximum absolute atomic E-state index is 11.7. The summed E-state index contributed by atoms with van der Waals surface area (Å²) in [5.74, 6) is 0.0953. The Morgan fingerprint density at radius 1 is 1.12 bits per heavy atom. The molecule has 0 spiro atoms. The molecule has 0 saturated heterocycles. The van der Waals surface area contributed by atoms with E-state index in [1.54, 1.807) is 0 Å². The van der Waals surface area contributed by atoms with Crippen LogP contribution >= 0.6 is 0 Å². The van der Waals surface area contributed by atoms with Crippen LogP contribution in [0, 0.1) is 10.8 Å². The van der Waals surface area contributed by atoms with Gasteiger partial charge >= 0.3 is 0 Å². The van der Waals surface area contributed by atoms with Gasteiger partial charge in [0.05, 0.1) is 0 Å². The molecular formula is C13H30N2O. The zero-order valence-electron chi connectivity index (χ0n) is 12.1. The van der Waals surface area contributed by atoms with Crippen molar-refractivity contribution in [1.29, 1.82) is 0 Å². The molecule has 0 rings (SSSR count). The van der Waals surface area contributed by atoms with Gasteiger partial charge in [-0.1, -0.05) is 48.5 Å². The largest absolute Gasteiger partial charge is 0.354 e. The van der Waals surface area contributed by atoms with Crippen LogP contribution in [-0.4, -0.2) is 19.0 Å². The highest BCUT2D eigenvalue weighted by Gasteiger charge is 2.31. The molecule has 0 unspecified atom stereocenters. The van der Waals surface area contributed by atoms with Crippen molar-refractivity contribution >= 4 is 5.91 Å². The number of nitrogens with one attached hydrogen (secondary N) is 1. The number of hydrogen-bond acceptors (Lipinski definition) is 2. The van der Waals surface area contributed by atoms with Gasteiger partial charge in [-0.2, -0.15) is 0 Å². The summed E-state index contributed by atoms with van der Waals surface area (Å²) in [6.07, 6.45) is 0.871. The topological polar surface area (TPSA) is 55.1 Å². The molecular weight excluding hydrogens is 200 g/mol. The second-order valence-electron chi connectivity index (χ2n) is 5.67. The zero-order chi connectivity index (χ0) is 13.4. The number of nitrogens with two attached hydrogens (primary N) is 1. The summed E-state index contributed by atoms with van der Waals surface area (Å²) in [6.45, 7) is 15.4. The molecule has 3 nitrogen and oxygen atoms in total. The van der Waals surface area contributed by atoms with Crippen LogP contribution in [-0.2, 0) is 4.79 Å². The maximum Gasteiger partial charge on any atom is 0.225 e. The van der Waals surface area contributed by atoms with Gasteiger partial charge < -0.3 is 11.1 Å². The van der Waals surface area contributed by atoms with Gasteiger partial charge in [-0.05, 0) is 11.8 Å². The van der Waals surface area contributed by atoms with Crippen LogP contribution in [0.15, 0.2) is 0 Å². The predicted molar refractivity (Wildman–Crippen MR) is 71.3 cm³/mol. The van der Waals surface area contributed by atoms with Crippen LogP contribution in [0.25, 0.3) is 0 Å². The van der Waals surface area contributed by atoms with Crippen molar-refractivity contribution in [3.8, 4) is 0 Å². The molecule has 0 fully saturated rings. The van der Waals surface area contributed by atoms with Crippen LogP contribution in [0.3, 0.4) is 0 Å². The minimum Gasteiger partial charge on any atom is -0.354 e. The first-order valence-corrected chi connectivity index (χ1v) is 6.17. The number of carbonyl (C=O) groups excluding carboxylic acids is 1. The predicted octanol–water partition coefficient (Wildman–Crippen LogP) is 2.55. The van der Waals surface area contributed by atoms with Crippen LogP contribution in [0.4, 0.5) is 0 Å². The van der Waals surface area contributed by atoms with Gasteiger partial charge in [0.25, 0.3) is 0 Å². The van der Waals surface area contributed by atoms with Gasteiger partial charge in [-0.15, -0.1) is 0 Å². The molecule has 0 aliphatic heterocycles. The van der Waals surface area contributed by atoms with Gasteiger partial charge in [0, 0.05) is 18.5 Å². The first-order chi connectivity index (χ1) is 7.19. The molecule has 0 aromatic carbocycles. The third kappa shape index (κ3) is 8.72. The minimum atomic E-state index is -0.312. The van der Waals surface area contributed by atoms with E-state index in [0.29, 0.717) is 13.1 Å². The summed E-state index contributed by atoms with van der Waals surface area (Å²) in [6, 6.07) is 0. The SMILES string of the molecule is CC.CC(C)(C)CC(C)(C)C(=O)NCCN. The van der Waals surface area contributed by atoms with E-state index >= 15 is 0 Å². The normalized spacial score (nSPS) is 11.5. The Bertz CT molecular complexity index is 193. The van der Waals surface area contributed by atoms with Crippen LogP contribution in [0.1, 0.15) is 54.9 Å². The molecule has 1 amide bonds. The van der Waals surface area contributed by atoms with Crippen molar-refractivity contribution in [3.63, 3.8) is 0 Å². The van der Waals surface area contributed by atoms with E-state index in [-0.39, 0.29) is 16.7 Å². The first kappa shape index (κ1) is 17.8. The highest BCUT2D eigenvalue weighted by molar-refractivity contribution is 5.81. The van der Waals surface area contributed by atoms with Gasteiger partial charge in [0.2, 0.25) is 5.91 Å². The second kappa shape index (κ2) is 7.66. The van der Waals surface area contributed by atoms with Gasteiger partial charge in [-0.3, -0.25) is 4.79 Å². The Hall–Kier alpha value is -0.570. The van der Waals surface area contributed by atoms with Crippen LogP contribution in [0.2, 0.25) is 0 Å². The van der Waals surface area contributed by atoms with Gasteiger partial charge in [-0.25, -0.2) is 0 Å². The second-order valence-corrected chi connectivity index (χ2v) is 5.67. The molecule has 0 aromatic rings. The molecule has 0 saturated carbocycles. The average molecular weight is 230 g/mol. The fraction of sp³-hybridized carbons (Fsp3) is 0.923. The summed E-state index contributed by atoms with van der Waals surface area (Å²) in [4.78, 5) is 11.7. The molecule has 98 valence electrons. The molecule has 0 aromatic heterocycles. The van der Waals surface area contributed by atoms with Crippen molar-refractivity contribution < 1.29 is 4.79 Å². The van der Waals surface area contributed by atoms with Crippen molar-refractivity contribution in [2.45, 2.75) is 54.9 Å². The number of carbonyl (C=O) groups is 1. The Labute approximate surface area is 101 Å². The lowest BCUT2D eigenvalue weighted by atomic mass is 9.76. The van der Waals surface area contributed by atoms with E-state index in [2.05, 4.69) is 26.1 Å². The Morgan fingerprint density at radius 3 is 1.88 bits per heavy atom. The Morgan fingerprint density at radius 2 is 1.56 bits per heavy atom. The fourth-order valence-corrected chi connectivity index (χ4v) is 1.83. The molecule has 0 atom stereocenters. The molecule has 16 heavy (non-hydrogen) atoms. The van der Waals surface area contributed by atoms with Crippen LogP contribution < -0.4 is 11.1 Å². The summed E-state index contributed by atoms with van der Waals surface area (Å²) >= 11 is 0. The third-order valence-corrected chi connectivity index (χ3v) is 2.02. The molecule has 0 aliphatic rings. The molecule has 0 radical (unpaired) electrons. The van der Waals surface area contributed by atoms with E-state index in [4.69, 9.17) is 5.73 Å². The summed E-state index contributed by atoms with van der Waals surface area (Å²) in [7, 11) is 0. The molecule has 0 aliphatic carbocycles. The molecule has 0 heterocycles. The maximum atomic E-state index is 11.7. The van der Waals surface area contributed by atoms with Gasteiger partial charge in [0.1, 0.15) is 0 Å². The van der Waals surface area contributed by atoms with Gasteiger partial charge in [0.15, 0.2) is 0 Å². The summed E-state index contributed by atoms with van der Waals surface area (Å²) in [5.41, 5.74) is 5.19. The Balaban J connectivity index is 0. The average Bonchev–Trinajstić information content (AvgIpc) is 2.13. The highest BCUT2D eigenvalue weighted by Crippen LogP contribution is 2.33. The number of amides is 1. The third-order valence-electron chi connectivity index (χ3n) is 2.02. The lowest BCUT2D eigenvalue weighted by Gasteiger charge is -2.31. The van der Waals surface area contributed by atoms with E-state index in [9.17, 15) is 4.79 Å². The molecule has 3 N–H and O–H groups in total. The fourth-order valence-electron chi connectivity index (χ4n) is 1.83. The summed E-state index contributed by atoms with van der Waals surface area (Å²) < 4.78 is 0. The van der Waals surface area contributed by atoms with Crippen molar-refractivity contribution in [2.75, 3.05) is 13.1 Å². The highest BCUT2D eigenvalue weighted by atomic mass is 16.2. The number of hydrogen-bond donors (Lipinski definition) is 2. The quantitative estimate of drug-likeness (QED) is 0.780. The molecule has 0 bridgehead atoms. The van der Waals surface area contributed by atoms with E-state index in [0.717, 1.165) is 6.42 Å². The zero-order valence-corrected chi connectivity index (χ0v) is 12.1. The lowest BCUT2D eigenvalue weighted by Crippen LogP contribution is -2.41. The number of rotatable bonds is 4. The summed E-state index contributed by atoms with van der Waals surface area (Å²) in [5, 5.41) is 2.83. The van der Waals surface area contributed by atoms with Crippen molar-refractivity contribution in [1.82, 2.24) is 5.32 Å². The van der Waals surface area contributed by atoms with E-state index in [1.807, 2.05) is 27.7 Å². The van der Waals surface area contributed by atoms with E-state index in [1.165, 1.54) is 0 Å². The first-order valence-electron chi connectivity index (χ1n) is 6.17. The van der Waals surface area contributed by atoms with E-state index < -0.39 is 0 Å².